The van der Waals surface area contributed by atoms with Crippen molar-refractivity contribution in [1.82, 2.24) is 10.2 Å². The fourth-order valence-electron chi connectivity index (χ4n) is 3.35. The molecule has 1 amide bonds. The lowest BCUT2D eigenvalue weighted by Gasteiger charge is -2.36. The van der Waals surface area contributed by atoms with E-state index in [1.165, 1.54) is 18.6 Å². The highest BCUT2D eigenvalue weighted by Gasteiger charge is 2.23. The Hall–Kier alpha value is -1.13. The van der Waals surface area contributed by atoms with E-state index in [9.17, 15) is 9.18 Å². The highest BCUT2D eigenvalue weighted by Crippen LogP contribution is 2.21. The van der Waals surface area contributed by atoms with Crippen molar-refractivity contribution in [3.05, 3.63) is 34.6 Å². The molecule has 5 heteroatoms. The molecule has 22 heavy (non-hydrogen) atoms. The van der Waals surface area contributed by atoms with Crippen LogP contribution in [0.25, 0.3) is 0 Å². The molecule has 3 atom stereocenters. The van der Waals surface area contributed by atoms with Gasteiger partial charge in [-0.15, -0.1) is 0 Å². The highest BCUT2D eigenvalue weighted by molar-refractivity contribution is 6.30. The summed E-state index contributed by atoms with van der Waals surface area (Å²) in [5, 5.41) is 3.16. The lowest BCUT2D eigenvalue weighted by atomic mass is 9.92. The van der Waals surface area contributed by atoms with Gasteiger partial charge in [0.25, 0.3) is 5.91 Å². The van der Waals surface area contributed by atoms with Crippen LogP contribution in [0.15, 0.2) is 18.2 Å². The molecule has 1 saturated heterocycles. The van der Waals surface area contributed by atoms with Crippen LogP contribution in [0.4, 0.5) is 4.39 Å². The second-order valence-electron chi connectivity index (χ2n) is 6.66. The van der Waals surface area contributed by atoms with E-state index < -0.39 is 5.82 Å². The monoisotopic (exact) mass is 326 g/mol. The van der Waals surface area contributed by atoms with Crippen molar-refractivity contribution < 1.29 is 9.18 Å². The standard InChI is InChI=1S/C17H24ClFN2O/c1-11-6-12(2)9-21(8-11)10-13(3)20-17(22)15-5-4-14(18)7-16(15)19/h4-5,7,11-13H,6,8-10H2,1-3H3,(H,20,22)/t11-,12+,13-/m1/s1. The summed E-state index contributed by atoms with van der Waals surface area (Å²) in [7, 11) is 0. The third kappa shape index (κ3) is 4.68. The molecule has 2 rings (SSSR count). The second kappa shape index (κ2) is 7.42. The fourth-order valence-corrected chi connectivity index (χ4v) is 3.51. The predicted octanol–water partition coefficient (Wildman–Crippen LogP) is 3.58. The fraction of sp³-hybridized carbons (Fsp3) is 0.588. The molecule has 1 aromatic rings. The Morgan fingerprint density at radius 3 is 2.64 bits per heavy atom. The zero-order valence-corrected chi connectivity index (χ0v) is 14.2. The molecule has 0 unspecified atom stereocenters. The van der Waals surface area contributed by atoms with Crippen LogP contribution in [0.2, 0.25) is 5.02 Å². The van der Waals surface area contributed by atoms with Crippen molar-refractivity contribution in [3.8, 4) is 0 Å². The molecule has 0 saturated carbocycles. The van der Waals surface area contributed by atoms with E-state index in [4.69, 9.17) is 11.6 Å². The zero-order valence-electron chi connectivity index (χ0n) is 13.4. The van der Waals surface area contributed by atoms with Crippen molar-refractivity contribution in [2.45, 2.75) is 33.2 Å². The summed E-state index contributed by atoms with van der Waals surface area (Å²) in [6, 6.07) is 4.08. The van der Waals surface area contributed by atoms with E-state index in [0.29, 0.717) is 16.9 Å². The highest BCUT2D eigenvalue weighted by atomic mass is 35.5. The first-order chi connectivity index (χ1) is 10.3. The largest absolute Gasteiger partial charge is 0.348 e. The molecular formula is C17H24ClFN2O. The van der Waals surface area contributed by atoms with E-state index >= 15 is 0 Å². The van der Waals surface area contributed by atoms with Crippen LogP contribution in [-0.2, 0) is 0 Å². The molecule has 1 heterocycles. The summed E-state index contributed by atoms with van der Waals surface area (Å²) < 4.78 is 13.8. The van der Waals surface area contributed by atoms with Crippen LogP contribution >= 0.6 is 11.6 Å². The normalized spacial score (nSPS) is 24.0. The Labute approximate surface area is 136 Å². The van der Waals surface area contributed by atoms with Gasteiger partial charge in [-0.3, -0.25) is 4.79 Å². The molecule has 0 spiro atoms. The summed E-state index contributed by atoms with van der Waals surface area (Å²) in [4.78, 5) is 14.5. The van der Waals surface area contributed by atoms with Gasteiger partial charge in [-0.1, -0.05) is 25.4 Å². The van der Waals surface area contributed by atoms with E-state index in [1.807, 2.05) is 6.92 Å². The summed E-state index contributed by atoms with van der Waals surface area (Å²) in [6.45, 7) is 9.37. The smallest absolute Gasteiger partial charge is 0.254 e. The minimum Gasteiger partial charge on any atom is -0.348 e. The summed E-state index contributed by atoms with van der Waals surface area (Å²) in [5.74, 6) is 0.387. The predicted molar refractivity (Wildman–Crippen MR) is 87.7 cm³/mol. The van der Waals surface area contributed by atoms with Gasteiger partial charge in [-0.25, -0.2) is 4.39 Å². The van der Waals surface area contributed by atoms with Crippen molar-refractivity contribution in [2.24, 2.45) is 11.8 Å². The lowest BCUT2D eigenvalue weighted by molar-refractivity contribution is 0.0901. The van der Waals surface area contributed by atoms with E-state index in [0.717, 1.165) is 25.7 Å². The zero-order chi connectivity index (χ0) is 16.3. The SMILES string of the molecule is C[C@@H]1C[C@H](C)CN(C[C@@H](C)NC(=O)c2ccc(Cl)cc2F)C1. The molecule has 0 aromatic heterocycles. The van der Waals surface area contributed by atoms with Gasteiger partial charge in [-0.2, -0.15) is 0 Å². The number of carbonyl (C=O) groups excluding carboxylic acids is 1. The molecule has 3 nitrogen and oxygen atoms in total. The Balaban J connectivity index is 1.91. The molecule has 1 aliphatic heterocycles. The molecule has 122 valence electrons. The maximum absolute atomic E-state index is 13.8. The number of hydrogen-bond donors (Lipinski definition) is 1. The molecule has 1 aromatic carbocycles. The van der Waals surface area contributed by atoms with Gasteiger partial charge in [0.15, 0.2) is 0 Å². The molecule has 0 bridgehead atoms. The number of benzene rings is 1. The lowest BCUT2D eigenvalue weighted by Crippen LogP contribution is -2.47. The van der Waals surface area contributed by atoms with Crippen molar-refractivity contribution in [1.29, 1.82) is 0 Å². The van der Waals surface area contributed by atoms with Gasteiger partial charge in [0.2, 0.25) is 0 Å². The van der Waals surface area contributed by atoms with E-state index in [-0.39, 0.29) is 17.5 Å². The maximum Gasteiger partial charge on any atom is 0.254 e. The molecule has 0 radical (unpaired) electrons. The number of hydrogen-bond acceptors (Lipinski definition) is 2. The minimum absolute atomic E-state index is 0.0277. The van der Waals surface area contributed by atoms with Crippen LogP contribution in [-0.4, -0.2) is 36.5 Å². The summed E-state index contributed by atoms with van der Waals surface area (Å²) in [6.07, 6.45) is 1.26. The third-order valence-electron chi connectivity index (χ3n) is 4.03. The number of halogens is 2. The van der Waals surface area contributed by atoms with Gasteiger partial charge >= 0.3 is 0 Å². The van der Waals surface area contributed by atoms with Crippen LogP contribution in [0.1, 0.15) is 37.6 Å². The summed E-state index contributed by atoms with van der Waals surface area (Å²) in [5.41, 5.74) is 0.0385. The number of nitrogens with zero attached hydrogens (tertiary/aromatic N) is 1. The molecule has 0 aliphatic carbocycles. The average Bonchev–Trinajstić information content (AvgIpc) is 2.36. The molecule has 1 fully saturated rings. The molecule has 1 N–H and O–H groups in total. The first-order valence-corrected chi connectivity index (χ1v) is 8.21. The van der Waals surface area contributed by atoms with Gasteiger partial charge in [0, 0.05) is 30.7 Å². The Morgan fingerprint density at radius 1 is 1.41 bits per heavy atom. The number of amides is 1. The number of nitrogens with one attached hydrogen (secondary N) is 1. The van der Waals surface area contributed by atoms with Crippen molar-refractivity contribution >= 4 is 17.5 Å². The quantitative estimate of drug-likeness (QED) is 0.917. The van der Waals surface area contributed by atoms with Gasteiger partial charge in [0.1, 0.15) is 5.82 Å². The van der Waals surface area contributed by atoms with Gasteiger partial charge in [0.05, 0.1) is 5.56 Å². The number of piperidine rings is 1. The van der Waals surface area contributed by atoms with Crippen LogP contribution in [0.3, 0.4) is 0 Å². The van der Waals surface area contributed by atoms with Crippen LogP contribution < -0.4 is 5.32 Å². The number of carbonyl (C=O) groups is 1. The second-order valence-corrected chi connectivity index (χ2v) is 7.10. The van der Waals surface area contributed by atoms with Crippen LogP contribution in [0, 0.1) is 17.7 Å². The van der Waals surface area contributed by atoms with E-state index in [2.05, 4.69) is 24.1 Å². The minimum atomic E-state index is -0.586. The Bertz CT molecular complexity index is 527. The molecule has 1 aliphatic rings. The summed E-state index contributed by atoms with van der Waals surface area (Å²) >= 11 is 5.71. The van der Waals surface area contributed by atoms with Crippen molar-refractivity contribution in [3.63, 3.8) is 0 Å². The average molecular weight is 327 g/mol. The number of rotatable bonds is 4. The van der Waals surface area contributed by atoms with Gasteiger partial charge < -0.3 is 10.2 Å². The Morgan fingerprint density at radius 2 is 2.05 bits per heavy atom. The van der Waals surface area contributed by atoms with Crippen LogP contribution in [0.5, 0.6) is 0 Å². The van der Waals surface area contributed by atoms with Gasteiger partial charge in [-0.05, 0) is 43.4 Å². The third-order valence-corrected chi connectivity index (χ3v) is 4.26. The topological polar surface area (TPSA) is 32.3 Å². The van der Waals surface area contributed by atoms with Crippen molar-refractivity contribution in [2.75, 3.05) is 19.6 Å². The molecular weight excluding hydrogens is 303 g/mol. The van der Waals surface area contributed by atoms with E-state index in [1.54, 1.807) is 0 Å². The first kappa shape index (κ1) is 17.2. The maximum atomic E-state index is 13.8. The first-order valence-electron chi connectivity index (χ1n) is 7.83. The number of likely N-dealkylation sites (tertiary alicyclic amines) is 1. The Kier molecular flexibility index (Phi) is 5.81.